The number of carbonyl (C=O) groups is 1. The van der Waals surface area contributed by atoms with Crippen molar-refractivity contribution in [2.24, 2.45) is 0 Å². The Balaban J connectivity index is 3.35. The average Bonchev–Trinajstić information content (AvgIpc) is 2.30. The Bertz CT molecular complexity index is 523. The maximum Gasteiger partial charge on any atom is 0.240 e. The fourth-order valence-corrected chi connectivity index (χ4v) is 3.32. The fraction of sp³-hybridized carbons (Fsp3) is 0.462. The van der Waals surface area contributed by atoms with Crippen LogP contribution in [0, 0.1) is 0 Å². The summed E-state index contributed by atoms with van der Waals surface area (Å²) >= 11 is 0. The van der Waals surface area contributed by atoms with Gasteiger partial charge < -0.3 is 0 Å². The number of sulfonamides is 1. The molecule has 18 heavy (non-hydrogen) atoms. The van der Waals surface area contributed by atoms with Gasteiger partial charge in [-0.1, -0.05) is 32.0 Å². The average molecular weight is 269 g/mol. The summed E-state index contributed by atoms with van der Waals surface area (Å²) in [5, 5.41) is 0. The van der Waals surface area contributed by atoms with Crippen molar-refractivity contribution in [1.29, 1.82) is 0 Å². The second-order valence-electron chi connectivity index (χ2n) is 4.11. The number of nitrogens with one attached hydrogen (secondary N) is 1. The number of carbonyl (C=O) groups excluding carboxylic acids is 1. The van der Waals surface area contributed by atoms with Crippen LogP contribution in [0.4, 0.5) is 0 Å². The normalized spacial score (nSPS) is 13.3. The molecule has 0 radical (unpaired) electrons. The molecule has 1 aromatic rings. The lowest BCUT2D eigenvalue weighted by atomic mass is 9.93. The van der Waals surface area contributed by atoms with E-state index in [-0.39, 0.29) is 16.6 Å². The van der Waals surface area contributed by atoms with Crippen LogP contribution in [0.15, 0.2) is 29.2 Å². The first-order valence-corrected chi connectivity index (χ1v) is 7.51. The third-order valence-electron chi connectivity index (χ3n) is 2.82. The van der Waals surface area contributed by atoms with Gasteiger partial charge in [0, 0.05) is 12.5 Å². The van der Waals surface area contributed by atoms with Crippen LogP contribution >= 0.6 is 0 Å². The van der Waals surface area contributed by atoms with Crippen molar-refractivity contribution in [3.05, 3.63) is 29.8 Å². The molecule has 0 aliphatic heterocycles. The lowest BCUT2D eigenvalue weighted by Gasteiger charge is -2.16. The molecule has 0 aliphatic rings. The van der Waals surface area contributed by atoms with Gasteiger partial charge in [0.2, 0.25) is 10.0 Å². The molecular formula is C13H19NO3S. The molecule has 1 atom stereocenters. The smallest absolute Gasteiger partial charge is 0.240 e. The van der Waals surface area contributed by atoms with Gasteiger partial charge in [-0.05, 0) is 25.0 Å². The third kappa shape index (κ3) is 3.17. The Hall–Kier alpha value is -1.20. The highest BCUT2D eigenvalue weighted by atomic mass is 32.2. The molecule has 0 heterocycles. The fourth-order valence-electron chi connectivity index (χ4n) is 2.01. The lowest BCUT2D eigenvalue weighted by molar-refractivity contribution is -0.118. The molecule has 1 unspecified atom stereocenters. The van der Waals surface area contributed by atoms with E-state index in [0.717, 1.165) is 0 Å². The molecule has 0 saturated carbocycles. The Morgan fingerprint density at radius 3 is 2.39 bits per heavy atom. The minimum absolute atomic E-state index is 0.0170. The van der Waals surface area contributed by atoms with Crippen LogP contribution in [0.1, 0.15) is 38.7 Å². The van der Waals surface area contributed by atoms with E-state index >= 15 is 0 Å². The van der Waals surface area contributed by atoms with Crippen molar-refractivity contribution in [2.75, 3.05) is 6.54 Å². The maximum atomic E-state index is 12.1. The summed E-state index contributed by atoms with van der Waals surface area (Å²) in [5.74, 6) is -0.383. The zero-order valence-electron chi connectivity index (χ0n) is 10.9. The molecule has 5 heteroatoms. The topological polar surface area (TPSA) is 63.2 Å². The Labute approximate surface area is 108 Å². The van der Waals surface area contributed by atoms with Gasteiger partial charge in [-0.3, -0.25) is 4.79 Å². The van der Waals surface area contributed by atoms with Crippen molar-refractivity contribution in [3.8, 4) is 0 Å². The van der Waals surface area contributed by atoms with Crippen LogP contribution in [0.25, 0.3) is 0 Å². The van der Waals surface area contributed by atoms with Gasteiger partial charge in [0.1, 0.15) is 5.78 Å². The first-order valence-electron chi connectivity index (χ1n) is 6.03. The van der Waals surface area contributed by atoms with Crippen molar-refractivity contribution >= 4 is 15.8 Å². The van der Waals surface area contributed by atoms with Gasteiger partial charge in [-0.2, -0.15) is 0 Å². The molecule has 0 aliphatic carbocycles. The number of ketones is 1. The van der Waals surface area contributed by atoms with E-state index < -0.39 is 10.0 Å². The Morgan fingerprint density at radius 1 is 1.28 bits per heavy atom. The van der Waals surface area contributed by atoms with E-state index in [0.29, 0.717) is 18.5 Å². The van der Waals surface area contributed by atoms with Crippen molar-refractivity contribution in [1.82, 2.24) is 4.72 Å². The van der Waals surface area contributed by atoms with E-state index in [4.69, 9.17) is 0 Å². The van der Waals surface area contributed by atoms with Crippen LogP contribution < -0.4 is 4.72 Å². The van der Waals surface area contributed by atoms with E-state index in [1.165, 1.54) is 6.92 Å². The predicted octanol–water partition coefficient (Wildman–Crippen LogP) is 2.07. The SMILES string of the molecule is CCNS(=O)(=O)c1ccccc1C(CC)C(C)=O. The van der Waals surface area contributed by atoms with E-state index in [2.05, 4.69) is 4.72 Å². The van der Waals surface area contributed by atoms with E-state index in [9.17, 15) is 13.2 Å². The van der Waals surface area contributed by atoms with Gasteiger partial charge in [-0.25, -0.2) is 13.1 Å². The quantitative estimate of drug-likeness (QED) is 0.860. The summed E-state index contributed by atoms with van der Waals surface area (Å²) in [4.78, 5) is 11.8. The van der Waals surface area contributed by atoms with Crippen LogP contribution in [0.2, 0.25) is 0 Å². The zero-order chi connectivity index (χ0) is 13.8. The molecule has 0 aromatic heterocycles. The number of hydrogen-bond donors (Lipinski definition) is 1. The summed E-state index contributed by atoms with van der Waals surface area (Å²) in [7, 11) is -3.53. The van der Waals surface area contributed by atoms with Crippen LogP contribution in [0.5, 0.6) is 0 Å². The highest BCUT2D eigenvalue weighted by Crippen LogP contribution is 2.27. The highest BCUT2D eigenvalue weighted by Gasteiger charge is 2.24. The summed E-state index contributed by atoms with van der Waals surface area (Å²) in [5.41, 5.74) is 0.577. The summed E-state index contributed by atoms with van der Waals surface area (Å²) in [6.07, 6.45) is 0.591. The molecule has 1 N–H and O–H groups in total. The van der Waals surface area contributed by atoms with Gasteiger partial charge in [0.25, 0.3) is 0 Å². The monoisotopic (exact) mass is 269 g/mol. The highest BCUT2D eigenvalue weighted by molar-refractivity contribution is 7.89. The Morgan fingerprint density at radius 2 is 1.89 bits per heavy atom. The second-order valence-corrected chi connectivity index (χ2v) is 5.85. The van der Waals surface area contributed by atoms with Crippen LogP contribution in [-0.4, -0.2) is 20.7 Å². The summed E-state index contributed by atoms with van der Waals surface area (Å²) in [6.45, 7) is 5.42. The van der Waals surface area contributed by atoms with Crippen molar-refractivity contribution < 1.29 is 13.2 Å². The lowest BCUT2D eigenvalue weighted by Crippen LogP contribution is -2.25. The summed E-state index contributed by atoms with van der Waals surface area (Å²) < 4.78 is 26.6. The second kappa shape index (κ2) is 6.11. The first-order chi connectivity index (χ1) is 8.44. The van der Waals surface area contributed by atoms with E-state index in [1.807, 2.05) is 6.92 Å². The molecule has 0 amide bonds. The van der Waals surface area contributed by atoms with Gasteiger partial charge in [0.15, 0.2) is 0 Å². The molecular weight excluding hydrogens is 250 g/mol. The number of hydrogen-bond acceptors (Lipinski definition) is 3. The number of Topliss-reactive ketones (excluding diaryl/α,β-unsaturated/α-hetero) is 1. The minimum atomic E-state index is -3.53. The Kier molecular flexibility index (Phi) is 5.04. The standard InChI is InChI=1S/C13H19NO3S/c1-4-11(10(3)15)12-8-6-7-9-13(12)18(16,17)14-5-2/h6-9,11,14H,4-5H2,1-3H3. The maximum absolute atomic E-state index is 12.1. The third-order valence-corrected chi connectivity index (χ3v) is 4.44. The van der Waals surface area contributed by atoms with E-state index in [1.54, 1.807) is 31.2 Å². The molecule has 1 rings (SSSR count). The molecule has 0 saturated heterocycles. The van der Waals surface area contributed by atoms with Gasteiger partial charge in [-0.15, -0.1) is 0 Å². The molecule has 0 spiro atoms. The molecule has 0 fully saturated rings. The largest absolute Gasteiger partial charge is 0.299 e. The van der Waals surface area contributed by atoms with Crippen LogP contribution in [-0.2, 0) is 14.8 Å². The number of rotatable bonds is 6. The minimum Gasteiger partial charge on any atom is -0.299 e. The predicted molar refractivity (Wildman–Crippen MR) is 71.0 cm³/mol. The van der Waals surface area contributed by atoms with Gasteiger partial charge in [0.05, 0.1) is 4.90 Å². The zero-order valence-corrected chi connectivity index (χ0v) is 11.8. The van der Waals surface area contributed by atoms with Crippen molar-refractivity contribution in [2.45, 2.75) is 38.0 Å². The molecule has 0 bridgehead atoms. The summed E-state index contributed by atoms with van der Waals surface area (Å²) in [6, 6.07) is 6.67. The van der Waals surface area contributed by atoms with Crippen molar-refractivity contribution in [3.63, 3.8) is 0 Å². The van der Waals surface area contributed by atoms with Gasteiger partial charge >= 0.3 is 0 Å². The molecule has 100 valence electrons. The molecule has 4 nitrogen and oxygen atoms in total. The van der Waals surface area contributed by atoms with Crippen LogP contribution in [0.3, 0.4) is 0 Å². The first kappa shape index (κ1) is 14.9. The number of benzene rings is 1. The molecule has 1 aromatic carbocycles.